The fourth-order valence-electron chi connectivity index (χ4n) is 1.37. The van der Waals surface area contributed by atoms with E-state index in [1.807, 2.05) is 0 Å². The van der Waals surface area contributed by atoms with Crippen molar-refractivity contribution in [2.75, 3.05) is 6.61 Å². The van der Waals surface area contributed by atoms with E-state index in [2.05, 4.69) is 10.1 Å². The van der Waals surface area contributed by atoms with Crippen molar-refractivity contribution in [3.8, 4) is 0 Å². The van der Waals surface area contributed by atoms with Crippen molar-refractivity contribution < 1.29 is 14.0 Å². The van der Waals surface area contributed by atoms with Gasteiger partial charge in [-0.15, -0.1) is 0 Å². The molecule has 2 rings (SSSR count). The number of hydrogen-bond acceptors (Lipinski definition) is 4. The maximum atomic E-state index is 13.3. The summed E-state index contributed by atoms with van der Waals surface area (Å²) in [4.78, 5) is 4.03. The minimum atomic E-state index is -0.281. The predicted octanol–water partition coefficient (Wildman–Crippen LogP) is 1.33. The smallest absolute Gasteiger partial charge is 0.228 e. The summed E-state index contributed by atoms with van der Waals surface area (Å²) in [5.74, 6) is 0.512. The van der Waals surface area contributed by atoms with Gasteiger partial charge in [-0.1, -0.05) is 23.4 Å². The molecule has 4 nitrogen and oxygen atoms in total. The third-order valence-corrected chi connectivity index (χ3v) is 2.14. The van der Waals surface area contributed by atoms with Gasteiger partial charge in [-0.2, -0.15) is 4.98 Å². The Morgan fingerprint density at radius 3 is 2.88 bits per heavy atom. The predicted molar refractivity (Wildman–Crippen MR) is 54.3 cm³/mol. The Bertz CT molecular complexity index is 471. The molecule has 0 saturated carbocycles. The number of hydrogen-bond donors (Lipinski definition) is 1. The number of nitrogens with zero attached hydrogens (tertiary/aromatic N) is 2. The van der Waals surface area contributed by atoms with Gasteiger partial charge in [0.2, 0.25) is 5.89 Å². The van der Waals surface area contributed by atoms with Gasteiger partial charge in [-0.05, 0) is 11.6 Å². The van der Waals surface area contributed by atoms with Crippen molar-refractivity contribution >= 4 is 0 Å². The van der Waals surface area contributed by atoms with Gasteiger partial charge in [0.05, 0.1) is 13.0 Å². The molecule has 0 aliphatic carbocycles. The first-order valence-electron chi connectivity index (χ1n) is 4.95. The van der Waals surface area contributed by atoms with Crippen LogP contribution in [0.15, 0.2) is 28.8 Å². The van der Waals surface area contributed by atoms with E-state index in [9.17, 15) is 4.39 Å². The van der Waals surface area contributed by atoms with Gasteiger partial charge >= 0.3 is 0 Å². The Morgan fingerprint density at radius 2 is 2.12 bits per heavy atom. The maximum absolute atomic E-state index is 13.3. The highest BCUT2D eigenvalue weighted by atomic mass is 19.1. The topological polar surface area (TPSA) is 59.2 Å². The number of aliphatic hydroxyl groups is 1. The van der Waals surface area contributed by atoms with Gasteiger partial charge in [0, 0.05) is 6.42 Å². The zero-order chi connectivity index (χ0) is 11.4. The molecule has 5 heteroatoms. The average molecular weight is 222 g/mol. The Kier molecular flexibility index (Phi) is 3.26. The summed E-state index contributed by atoms with van der Waals surface area (Å²) in [5.41, 5.74) is 0.527. The molecule has 2 aromatic rings. The van der Waals surface area contributed by atoms with Crippen LogP contribution in [0.3, 0.4) is 0 Å². The fourth-order valence-corrected chi connectivity index (χ4v) is 1.37. The van der Waals surface area contributed by atoms with Gasteiger partial charge in [0.1, 0.15) is 5.82 Å². The van der Waals surface area contributed by atoms with E-state index in [4.69, 9.17) is 9.63 Å². The Balaban J connectivity index is 2.11. The van der Waals surface area contributed by atoms with Crippen molar-refractivity contribution in [1.29, 1.82) is 0 Å². The van der Waals surface area contributed by atoms with Crippen LogP contribution in [0.5, 0.6) is 0 Å². The van der Waals surface area contributed by atoms with Crippen molar-refractivity contribution in [2.45, 2.75) is 12.8 Å². The molecule has 0 fully saturated rings. The summed E-state index contributed by atoms with van der Waals surface area (Å²) >= 11 is 0. The lowest BCUT2D eigenvalue weighted by Gasteiger charge is -1.97. The molecule has 0 spiro atoms. The second-order valence-corrected chi connectivity index (χ2v) is 3.35. The number of halogens is 1. The molecule has 0 unspecified atom stereocenters. The van der Waals surface area contributed by atoms with Gasteiger partial charge in [-0.25, -0.2) is 4.39 Å². The molecular weight excluding hydrogens is 211 g/mol. The molecule has 0 aliphatic heterocycles. The summed E-state index contributed by atoms with van der Waals surface area (Å²) in [6, 6.07) is 6.46. The van der Waals surface area contributed by atoms with Crippen LogP contribution in [0.2, 0.25) is 0 Å². The lowest BCUT2D eigenvalue weighted by molar-refractivity contribution is 0.274. The molecule has 0 amide bonds. The van der Waals surface area contributed by atoms with Crippen LogP contribution in [-0.4, -0.2) is 21.9 Å². The summed E-state index contributed by atoms with van der Waals surface area (Å²) in [7, 11) is 0. The van der Waals surface area contributed by atoms with E-state index in [-0.39, 0.29) is 12.4 Å². The van der Waals surface area contributed by atoms with Gasteiger partial charge < -0.3 is 9.63 Å². The quantitative estimate of drug-likeness (QED) is 0.847. The van der Waals surface area contributed by atoms with Gasteiger partial charge in [-0.3, -0.25) is 0 Å². The molecule has 0 atom stereocenters. The number of aromatic nitrogens is 2. The minimum absolute atomic E-state index is 0.0403. The normalized spacial score (nSPS) is 10.6. The zero-order valence-electron chi connectivity index (χ0n) is 8.56. The highest BCUT2D eigenvalue weighted by molar-refractivity contribution is 5.20. The molecule has 0 radical (unpaired) electrons. The maximum Gasteiger partial charge on any atom is 0.228 e. The minimum Gasteiger partial charge on any atom is -0.396 e. The molecule has 1 aromatic heterocycles. The van der Waals surface area contributed by atoms with Crippen molar-refractivity contribution in [2.24, 2.45) is 0 Å². The first kappa shape index (κ1) is 10.8. The molecular formula is C11H11FN2O2. The van der Waals surface area contributed by atoms with Crippen LogP contribution < -0.4 is 0 Å². The standard InChI is InChI=1S/C11H11FN2O2/c12-9-4-2-1-3-8(9)7-10-13-11(5-6-15)16-14-10/h1-4,15H,5-7H2. The summed E-state index contributed by atoms with van der Waals surface area (Å²) in [6.45, 7) is -0.0403. The molecule has 84 valence electrons. The summed E-state index contributed by atoms with van der Waals surface area (Å²) in [6.07, 6.45) is 0.617. The Morgan fingerprint density at radius 1 is 1.31 bits per heavy atom. The summed E-state index contributed by atoms with van der Waals surface area (Å²) < 4.78 is 18.2. The van der Waals surface area contributed by atoms with E-state index < -0.39 is 0 Å². The van der Waals surface area contributed by atoms with Gasteiger partial charge in [0.15, 0.2) is 5.82 Å². The molecule has 1 aromatic carbocycles. The highest BCUT2D eigenvalue weighted by Crippen LogP contribution is 2.11. The third-order valence-electron chi connectivity index (χ3n) is 2.14. The molecule has 1 heterocycles. The highest BCUT2D eigenvalue weighted by Gasteiger charge is 2.08. The number of rotatable bonds is 4. The summed E-state index contributed by atoms with van der Waals surface area (Å²) in [5, 5.41) is 12.4. The SMILES string of the molecule is OCCc1nc(Cc2ccccc2F)no1. The lowest BCUT2D eigenvalue weighted by atomic mass is 10.1. The second kappa shape index (κ2) is 4.85. The van der Waals surface area contributed by atoms with E-state index in [1.54, 1.807) is 18.2 Å². The third kappa shape index (κ3) is 2.43. The first-order chi connectivity index (χ1) is 7.79. The largest absolute Gasteiger partial charge is 0.396 e. The van der Waals surface area contributed by atoms with Crippen LogP contribution in [0, 0.1) is 5.82 Å². The van der Waals surface area contributed by atoms with E-state index >= 15 is 0 Å². The van der Waals surface area contributed by atoms with Crippen molar-refractivity contribution in [1.82, 2.24) is 10.1 Å². The number of aliphatic hydroxyl groups excluding tert-OH is 1. The van der Waals surface area contributed by atoms with Crippen molar-refractivity contribution in [3.63, 3.8) is 0 Å². The molecule has 0 aliphatic rings. The lowest BCUT2D eigenvalue weighted by Crippen LogP contribution is -1.95. The molecule has 0 saturated heterocycles. The first-order valence-corrected chi connectivity index (χ1v) is 4.95. The molecule has 0 bridgehead atoms. The Labute approximate surface area is 91.7 Å². The van der Waals surface area contributed by atoms with E-state index in [0.29, 0.717) is 30.1 Å². The van der Waals surface area contributed by atoms with Crippen LogP contribution in [0.4, 0.5) is 4.39 Å². The van der Waals surface area contributed by atoms with Crippen LogP contribution >= 0.6 is 0 Å². The van der Waals surface area contributed by atoms with E-state index in [1.165, 1.54) is 6.07 Å². The van der Waals surface area contributed by atoms with E-state index in [0.717, 1.165) is 0 Å². The molecule has 1 N–H and O–H groups in total. The van der Waals surface area contributed by atoms with Crippen LogP contribution in [-0.2, 0) is 12.8 Å². The zero-order valence-corrected chi connectivity index (χ0v) is 8.56. The van der Waals surface area contributed by atoms with Crippen LogP contribution in [0.1, 0.15) is 17.3 Å². The second-order valence-electron chi connectivity index (χ2n) is 3.35. The van der Waals surface area contributed by atoms with Gasteiger partial charge in [0.25, 0.3) is 0 Å². The fraction of sp³-hybridized carbons (Fsp3) is 0.273. The molecule has 16 heavy (non-hydrogen) atoms. The van der Waals surface area contributed by atoms with Crippen LogP contribution in [0.25, 0.3) is 0 Å². The average Bonchev–Trinajstić information content (AvgIpc) is 2.70. The number of benzene rings is 1. The van der Waals surface area contributed by atoms with Crippen molar-refractivity contribution in [3.05, 3.63) is 47.4 Å². The Hall–Kier alpha value is -1.75. The monoisotopic (exact) mass is 222 g/mol.